The van der Waals surface area contributed by atoms with E-state index in [9.17, 15) is 0 Å². The van der Waals surface area contributed by atoms with Gasteiger partial charge in [0.05, 0.1) is 0 Å². The van der Waals surface area contributed by atoms with Gasteiger partial charge in [-0.05, 0) is 87.0 Å². The van der Waals surface area contributed by atoms with Crippen molar-refractivity contribution in [1.82, 2.24) is 0 Å². The van der Waals surface area contributed by atoms with Crippen molar-refractivity contribution >= 4 is 65.1 Å². The minimum absolute atomic E-state index is 0.127. The predicted molar refractivity (Wildman–Crippen MR) is 219 cm³/mol. The first-order valence-corrected chi connectivity index (χ1v) is 18.3. The van der Waals surface area contributed by atoms with Crippen LogP contribution in [0.4, 0.5) is 0 Å². The van der Waals surface area contributed by atoms with Gasteiger partial charge in [0.25, 0.3) is 0 Å². The number of hydrogen-bond donors (Lipinski definition) is 2. The van der Waals surface area contributed by atoms with Gasteiger partial charge in [0, 0.05) is 47.5 Å². The van der Waals surface area contributed by atoms with Crippen molar-refractivity contribution in [3.05, 3.63) is 168 Å². The van der Waals surface area contributed by atoms with Crippen molar-refractivity contribution in [3.8, 4) is 33.4 Å². The van der Waals surface area contributed by atoms with Crippen molar-refractivity contribution < 1.29 is 4.42 Å². The van der Waals surface area contributed by atoms with Crippen LogP contribution in [0.15, 0.2) is 155 Å². The Kier molecular flexibility index (Phi) is 6.66. The quantitative estimate of drug-likeness (QED) is 0.143. The van der Waals surface area contributed by atoms with E-state index in [4.69, 9.17) is 20.6 Å². The smallest absolute Gasteiger partial charge is 0.154 e. The van der Waals surface area contributed by atoms with E-state index in [0.717, 1.165) is 38.6 Å². The van der Waals surface area contributed by atoms with Crippen molar-refractivity contribution in [1.29, 1.82) is 5.41 Å². The summed E-state index contributed by atoms with van der Waals surface area (Å²) in [7, 11) is 0. The summed E-state index contributed by atoms with van der Waals surface area (Å²) in [5, 5.41) is 13.4. The molecule has 3 N–H and O–H groups in total. The monoisotopic (exact) mass is 687 g/mol. The molecule has 2 heterocycles. The van der Waals surface area contributed by atoms with Gasteiger partial charge < -0.3 is 10.2 Å². The molecule has 1 aliphatic carbocycles. The molecule has 10 rings (SSSR count). The molecule has 0 aliphatic heterocycles. The molecule has 248 valence electrons. The van der Waals surface area contributed by atoms with E-state index < -0.39 is 0 Å². The number of thiophene rings is 1. The Morgan fingerprint density at radius 1 is 0.596 bits per heavy atom. The molecule has 0 atom stereocenters. The third kappa shape index (κ3) is 4.59. The Labute approximate surface area is 305 Å². The van der Waals surface area contributed by atoms with E-state index in [1.54, 1.807) is 0 Å². The van der Waals surface area contributed by atoms with Crippen LogP contribution in [0.3, 0.4) is 0 Å². The molecule has 4 nitrogen and oxygen atoms in total. The van der Waals surface area contributed by atoms with E-state index in [1.807, 2.05) is 35.6 Å². The number of nitrogens with zero attached hydrogens (tertiary/aromatic N) is 1. The molecule has 0 radical (unpaired) electrons. The highest BCUT2D eigenvalue weighted by Gasteiger charge is 2.35. The molecule has 0 saturated heterocycles. The summed E-state index contributed by atoms with van der Waals surface area (Å²) < 4.78 is 8.92. The number of rotatable bonds is 4. The van der Waals surface area contributed by atoms with Crippen LogP contribution in [-0.4, -0.2) is 11.7 Å². The second-order valence-corrected chi connectivity index (χ2v) is 15.2. The van der Waals surface area contributed by atoms with E-state index in [1.165, 1.54) is 59.1 Å². The van der Waals surface area contributed by atoms with Gasteiger partial charge >= 0.3 is 0 Å². The minimum Gasteiger partial charge on any atom is -0.456 e. The maximum atomic E-state index is 9.07. The molecule has 0 bridgehead atoms. The molecule has 7 aromatic carbocycles. The standard InChI is InChI=1S/C47H33N3OS/c1-47(2)37-16-8-6-13-31(37)32-21-19-29(25-38(32)47)45(48)50-46(49)34-15-10-17-40-43(34)36-23-28(20-22-39(36)51-40)35-24-30(27-11-4-3-5-12-27)26-42-44(35)33-14-7-9-18-41(33)52-42/h3-26H,1-2H3,(H3,48,49,50). The van der Waals surface area contributed by atoms with Crippen LogP contribution in [0.25, 0.3) is 75.5 Å². The predicted octanol–water partition coefficient (Wildman–Crippen LogP) is 12.3. The normalized spacial score (nSPS) is 13.6. The molecule has 2 aromatic heterocycles. The molecule has 9 aromatic rings. The number of furan rings is 1. The van der Waals surface area contributed by atoms with Gasteiger partial charge in [-0.1, -0.05) is 117 Å². The third-order valence-electron chi connectivity index (χ3n) is 10.8. The first-order valence-electron chi connectivity index (χ1n) is 17.5. The van der Waals surface area contributed by atoms with Crippen LogP contribution >= 0.6 is 11.3 Å². The zero-order chi connectivity index (χ0) is 35.1. The van der Waals surface area contributed by atoms with Crippen LogP contribution in [-0.2, 0) is 5.41 Å². The largest absolute Gasteiger partial charge is 0.456 e. The molecule has 0 amide bonds. The third-order valence-corrected chi connectivity index (χ3v) is 11.9. The lowest BCUT2D eigenvalue weighted by Crippen LogP contribution is -2.17. The van der Waals surface area contributed by atoms with E-state index in [-0.39, 0.29) is 17.1 Å². The highest BCUT2D eigenvalue weighted by molar-refractivity contribution is 7.26. The zero-order valence-corrected chi connectivity index (χ0v) is 29.5. The van der Waals surface area contributed by atoms with Crippen LogP contribution in [0.1, 0.15) is 36.1 Å². The Balaban J connectivity index is 1.10. The van der Waals surface area contributed by atoms with E-state index in [0.29, 0.717) is 0 Å². The van der Waals surface area contributed by atoms with Gasteiger partial charge in [-0.3, -0.25) is 5.41 Å². The summed E-state index contributed by atoms with van der Waals surface area (Å²) in [5.41, 5.74) is 19.2. The van der Waals surface area contributed by atoms with Crippen molar-refractivity contribution in [2.75, 3.05) is 0 Å². The first-order chi connectivity index (χ1) is 25.3. The fourth-order valence-corrected chi connectivity index (χ4v) is 9.36. The fourth-order valence-electron chi connectivity index (χ4n) is 8.18. The Bertz CT molecular complexity index is 2960. The average Bonchev–Trinajstić information content (AvgIpc) is 3.82. The van der Waals surface area contributed by atoms with Crippen molar-refractivity contribution in [2.24, 2.45) is 10.7 Å². The van der Waals surface area contributed by atoms with Crippen molar-refractivity contribution in [3.63, 3.8) is 0 Å². The van der Waals surface area contributed by atoms with Crippen LogP contribution < -0.4 is 5.73 Å². The average molecular weight is 688 g/mol. The van der Waals surface area contributed by atoms with E-state index >= 15 is 0 Å². The lowest BCUT2D eigenvalue weighted by molar-refractivity contribution is 0.660. The SMILES string of the molecule is CC1(C)c2ccccc2-c2ccc(C(=N)N=C(N)c3cccc4oc5ccc(-c6cc(-c7ccccc7)cc7sc8ccccc8c67)cc5c34)cc21. The number of nitrogens with two attached hydrogens (primary N) is 1. The molecular weight excluding hydrogens is 655 g/mol. The minimum atomic E-state index is -0.169. The van der Waals surface area contributed by atoms with Crippen molar-refractivity contribution in [2.45, 2.75) is 19.3 Å². The summed E-state index contributed by atoms with van der Waals surface area (Å²) in [6, 6.07) is 50.9. The summed E-state index contributed by atoms with van der Waals surface area (Å²) in [6.07, 6.45) is 0. The lowest BCUT2D eigenvalue weighted by atomic mass is 9.82. The summed E-state index contributed by atoms with van der Waals surface area (Å²) >= 11 is 1.83. The highest BCUT2D eigenvalue weighted by atomic mass is 32.1. The number of hydrogen-bond acceptors (Lipinski definition) is 3. The van der Waals surface area contributed by atoms with Gasteiger partial charge in [0.15, 0.2) is 5.84 Å². The van der Waals surface area contributed by atoms with Crippen LogP contribution in [0.2, 0.25) is 0 Å². The zero-order valence-electron chi connectivity index (χ0n) is 28.7. The Morgan fingerprint density at radius 3 is 2.27 bits per heavy atom. The number of benzene rings is 7. The lowest BCUT2D eigenvalue weighted by Gasteiger charge is -2.21. The molecule has 1 aliphatic rings. The van der Waals surface area contributed by atoms with Crippen LogP contribution in [0.5, 0.6) is 0 Å². The fraction of sp³-hybridized carbons (Fsp3) is 0.0638. The molecule has 0 fully saturated rings. The molecule has 52 heavy (non-hydrogen) atoms. The van der Waals surface area contributed by atoms with Gasteiger partial charge in [-0.2, -0.15) is 0 Å². The highest BCUT2D eigenvalue weighted by Crippen LogP contribution is 2.49. The molecular formula is C47H33N3OS. The second kappa shape index (κ2) is 11.4. The van der Waals surface area contributed by atoms with Crippen LogP contribution in [0, 0.1) is 5.41 Å². The Morgan fingerprint density at radius 2 is 1.38 bits per heavy atom. The Hall–Kier alpha value is -6.30. The summed E-state index contributed by atoms with van der Waals surface area (Å²) in [4.78, 5) is 4.71. The second-order valence-electron chi connectivity index (χ2n) is 14.1. The van der Waals surface area contributed by atoms with E-state index in [2.05, 4.69) is 135 Å². The maximum absolute atomic E-state index is 9.07. The molecule has 5 heteroatoms. The van der Waals surface area contributed by atoms with Gasteiger partial charge in [-0.25, -0.2) is 4.99 Å². The summed E-state index contributed by atoms with van der Waals surface area (Å²) in [5.74, 6) is 0.408. The number of amidine groups is 2. The first kappa shape index (κ1) is 30.5. The molecule has 0 spiro atoms. The topological polar surface area (TPSA) is 75.4 Å². The number of aliphatic imine (C=N–C) groups is 1. The number of nitrogens with one attached hydrogen (secondary N) is 1. The number of fused-ring (bicyclic) bond motifs is 9. The molecule has 0 saturated carbocycles. The van der Waals surface area contributed by atoms with Gasteiger partial charge in [0.1, 0.15) is 17.0 Å². The molecule has 0 unspecified atom stereocenters. The summed E-state index contributed by atoms with van der Waals surface area (Å²) in [6.45, 7) is 4.48. The van der Waals surface area contributed by atoms with Gasteiger partial charge in [0.2, 0.25) is 0 Å². The van der Waals surface area contributed by atoms with Gasteiger partial charge in [-0.15, -0.1) is 11.3 Å². The maximum Gasteiger partial charge on any atom is 0.154 e.